The highest BCUT2D eigenvalue weighted by Gasteiger charge is 2.67. The fraction of sp³-hybridized carbons (Fsp3) is 0.474. The molecule has 1 spiro atoms. The van der Waals surface area contributed by atoms with Gasteiger partial charge in [0.1, 0.15) is 11.4 Å². The highest BCUT2D eigenvalue weighted by atomic mass is 16.5. The molecule has 6 nitrogen and oxygen atoms in total. The van der Waals surface area contributed by atoms with Gasteiger partial charge in [0.25, 0.3) is 0 Å². The van der Waals surface area contributed by atoms with E-state index in [1.165, 1.54) is 0 Å². The quantitative estimate of drug-likeness (QED) is 0.838. The van der Waals surface area contributed by atoms with Crippen molar-refractivity contribution in [3.63, 3.8) is 0 Å². The lowest BCUT2D eigenvalue weighted by Crippen LogP contribution is -2.44. The molecule has 0 aromatic heterocycles. The molecule has 2 bridgehead atoms. The number of hydrogen-bond acceptors (Lipinski definition) is 4. The summed E-state index contributed by atoms with van der Waals surface area (Å²) in [5.74, 6) is -0.209. The summed E-state index contributed by atoms with van der Waals surface area (Å²) in [6, 6.07) is 7.67. The molecule has 3 aliphatic heterocycles. The lowest BCUT2D eigenvalue weighted by atomic mass is 9.77. The van der Waals surface area contributed by atoms with Gasteiger partial charge in [-0.15, -0.1) is 0 Å². The Morgan fingerprint density at radius 2 is 2.08 bits per heavy atom. The van der Waals surface area contributed by atoms with Gasteiger partial charge in [0.15, 0.2) is 0 Å². The maximum absolute atomic E-state index is 13.1. The summed E-state index contributed by atoms with van der Waals surface area (Å²) < 4.78 is 11.3. The van der Waals surface area contributed by atoms with Gasteiger partial charge in [-0.2, -0.15) is 0 Å². The van der Waals surface area contributed by atoms with Crippen molar-refractivity contribution in [2.75, 3.05) is 18.6 Å². The molecular formula is C19H20N2O4. The SMILES string of the molecule is COc1ccc(N2CC34C=CC(O3)C(C(=O)NC3CC3)[C@H]4C2=O)cc1. The van der Waals surface area contributed by atoms with E-state index in [1.54, 1.807) is 12.0 Å². The molecular weight excluding hydrogens is 320 g/mol. The third kappa shape index (κ3) is 2.13. The van der Waals surface area contributed by atoms with Gasteiger partial charge in [0, 0.05) is 11.7 Å². The summed E-state index contributed by atoms with van der Waals surface area (Å²) in [4.78, 5) is 27.6. The largest absolute Gasteiger partial charge is 0.497 e. The van der Waals surface area contributed by atoms with Crippen LogP contribution in [0.25, 0.3) is 0 Å². The molecule has 4 atom stereocenters. The summed E-state index contributed by atoms with van der Waals surface area (Å²) in [6.45, 7) is 0.447. The van der Waals surface area contributed by atoms with Crippen molar-refractivity contribution in [3.8, 4) is 5.75 Å². The third-order valence-corrected chi connectivity index (χ3v) is 5.71. The van der Waals surface area contributed by atoms with E-state index >= 15 is 0 Å². The molecule has 130 valence electrons. The van der Waals surface area contributed by atoms with Crippen molar-refractivity contribution in [2.45, 2.75) is 30.6 Å². The number of anilines is 1. The molecule has 1 aromatic rings. The van der Waals surface area contributed by atoms with Crippen molar-refractivity contribution in [3.05, 3.63) is 36.4 Å². The average molecular weight is 340 g/mol. The smallest absolute Gasteiger partial charge is 0.234 e. The molecule has 4 aliphatic rings. The number of amides is 2. The van der Waals surface area contributed by atoms with Crippen LogP contribution in [-0.2, 0) is 14.3 Å². The van der Waals surface area contributed by atoms with Gasteiger partial charge >= 0.3 is 0 Å². The number of benzene rings is 1. The number of nitrogens with zero attached hydrogens (tertiary/aromatic N) is 1. The summed E-state index contributed by atoms with van der Waals surface area (Å²) in [7, 11) is 1.61. The first-order valence-corrected chi connectivity index (χ1v) is 8.74. The number of ether oxygens (including phenoxy) is 2. The minimum absolute atomic E-state index is 0.0343. The molecule has 1 aliphatic carbocycles. The Morgan fingerprint density at radius 3 is 2.76 bits per heavy atom. The molecule has 6 heteroatoms. The fourth-order valence-electron chi connectivity index (χ4n) is 4.30. The van der Waals surface area contributed by atoms with Crippen LogP contribution in [0, 0.1) is 11.8 Å². The Kier molecular flexibility index (Phi) is 3.04. The highest BCUT2D eigenvalue weighted by Crippen LogP contribution is 2.52. The van der Waals surface area contributed by atoms with Crippen molar-refractivity contribution < 1.29 is 19.1 Å². The number of rotatable bonds is 4. The van der Waals surface area contributed by atoms with Crippen molar-refractivity contribution >= 4 is 17.5 Å². The fourth-order valence-corrected chi connectivity index (χ4v) is 4.30. The van der Waals surface area contributed by atoms with Gasteiger partial charge < -0.3 is 19.7 Å². The average Bonchev–Trinajstić information content (AvgIpc) is 3.15. The Labute approximate surface area is 145 Å². The molecule has 3 unspecified atom stereocenters. The zero-order valence-corrected chi connectivity index (χ0v) is 14.0. The van der Waals surface area contributed by atoms with Gasteiger partial charge in [-0.25, -0.2) is 0 Å². The highest BCUT2D eigenvalue weighted by molar-refractivity contribution is 6.03. The predicted molar refractivity (Wildman–Crippen MR) is 90.2 cm³/mol. The predicted octanol–water partition coefficient (Wildman–Crippen LogP) is 1.26. The van der Waals surface area contributed by atoms with E-state index in [0.29, 0.717) is 6.54 Å². The Hall–Kier alpha value is -2.34. The van der Waals surface area contributed by atoms with Crippen LogP contribution < -0.4 is 15.0 Å². The number of carbonyl (C=O) groups is 2. The van der Waals surface area contributed by atoms with Crippen LogP contribution in [0.3, 0.4) is 0 Å². The van der Waals surface area contributed by atoms with Gasteiger partial charge in [-0.3, -0.25) is 9.59 Å². The molecule has 1 saturated carbocycles. The summed E-state index contributed by atoms with van der Waals surface area (Å²) in [6.07, 6.45) is 5.69. The number of hydrogen-bond donors (Lipinski definition) is 1. The van der Waals surface area contributed by atoms with Crippen molar-refractivity contribution in [2.24, 2.45) is 11.8 Å². The van der Waals surface area contributed by atoms with Crippen LogP contribution in [0.4, 0.5) is 5.69 Å². The molecule has 25 heavy (non-hydrogen) atoms. The first-order valence-electron chi connectivity index (χ1n) is 8.74. The van der Waals surface area contributed by atoms with Gasteiger partial charge in [0.05, 0.1) is 31.6 Å². The molecule has 2 saturated heterocycles. The number of methoxy groups -OCH3 is 1. The minimum atomic E-state index is -0.673. The second kappa shape index (κ2) is 5.08. The molecule has 0 radical (unpaired) electrons. The first kappa shape index (κ1) is 15.0. The molecule has 3 fully saturated rings. The van der Waals surface area contributed by atoms with Gasteiger partial charge in [-0.05, 0) is 37.1 Å². The second-order valence-electron chi connectivity index (χ2n) is 7.31. The minimum Gasteiger partial charge on any atom is -0.497 e. The topological polar surface area (TPSA) is 67.9 Å². The molecule has 3 heterocycles. The number of fused-ring (bicyclic) bond motifs is 1. The number of nitrogens with one attached hydrogen (secondary N) is 1. The summed E-state index contributed by atoms with van der Waals surface area (Å²) >= 11 is 0. The Bertz CT molecular complexity index is 770. The van der Waals surface area contributed by atoms with E-state index in [-0.39, 0.29) is 24.0 Å². The number of carbonyl (C=O) groups excluding carboxylic acids is 2. The van der Waals surface area contributed by atoms with E-state index < -0.39 is 17.4 Å². The van der Waals surface area contributed by atoms with Crippen LogP contribution in [0.5, 0.6) is 5.75 Å². The zero-order chi connectivity index (χ0) is 17.2. The first-order chi connectivity index (χ1) is 12.1. The van der Waals surface area contributed by atoms with E-state index in [0.717, 1.165) is 24.3 Å². The van der Waals surface area contributed by atoms with Gasteiger partial charge in [0.2, 0.25) is 11.8 Å². The van der Waals surface area contributed by atoms with Crippen LogP contribution in [0.1, 0.15) is 12.8 Å². The zero-order valence-electron chi connectivity index (χ0n) is 14.0. The lowest BCUT2D eigenvalue weighted by Gasteiger charge is -2.23. The van der Waals surface area contributed by atoms with E-state index in [2.05, 4.69) is 5.32 Å². The van der Waals surface area contributed by atoms with Crippen molar-refractivity contribution in [1.82, 2.24) is 5.32 Å². The normalized spacial score (nSPS) is 35.2. The van der Waals surface area contributed by atoms with Crippen LogP contribution in [0.15, 0.2) is 36.4 Å². The van der Waals surface area contributed by atoms with Crippen LogP contribution in [-0.4, -0.2) is 43.2 Å². The molecule has 2 amide bonds. The lowest BCUT2D eigenvalue weighted by molar-refractivity contribution is -0.132. The summed E-state index contributed by atoms with van der Waals surface area (Å²) in [5.41, 5.74) is 0.129. The van der Waals surface area contributed by atoms with E-state index in [4.69, 9.17) is 9.47 Å². The van der Waals surface area contributed by atoms with E-state index in [9.17, 15) is 9.59 Å². The van der Waals surface area contributed by atoms with E-state index in [1.807, 2.05) is 36.4 Å². The molecule has 1 aromatic carbocycles. The van der Waals surface area contributed by atoms with Crippen LogP contribution >= 0.6 is 0 Å². The Morgan fingerprint density at radius 1 is 1.32 bits per heavy atom. The monoisotopic (exact) mass is 340 g/mol. The summed E-state index contributed by atoms with van der Waals surface area (Å²) in [5, 5.41) is 3.04. The third-order valence-electron chi connectivity index (χ3n) is 5.71. The van der Waals surface area contributed by atoms with Crippen LogP contribution in [0.2, 0.25) is 0 Å². The van der Waals surface area contributed by atoms with Gasteiger partial charge in [-0.1, -0.05) is 12.2 Å². The molecule has 5 rings (SSSR count). The molecule has 1 N–H and O–H groups in total. The standard InChI is InChI=1S/C19H20N2O4/c1-24-13-6-4-12(5-7-13)21-10-19-9-8-14(25-19)15(16(19)18(21)23)17(22)20-11-2-3-11/h4-9,11,14-16H,2-3,10H2,1H3,(H,20,22)/t14?,15?,16-,19?/m0/s1. The van der Waals surface area contributed by atoms with Crippen molar-refractivity contribution in [1.29, 1.82) is 0 Å². The maximum Gasteiger partial charge on any atom is 0.234 e. The second-order valence-corrected chi connectivity index (χ2v) is 7.31. The Balaban J connectivity index is 1.44. The maximum atomic E-state index is 13.1.